The molecule has 1 fully saturated rings. The van der Waals surface area contributed by atoms with E-state index in [1.54, 1.807) is 27.4 Å². The fourth-order valence-electron chi connectivity index (χ4n) is 2.52. The zero-order valence-electron chi connectivity index (χ0n) is 12.7. The monoisotopic (exact) mass is 294 g/mol. The Morgan fingerprint density at radius 3 is 2.57 bits per heavy atom. The van der Waals surface area contributed by atoms with E-state index in [2.05, 4.69) is 10.6 Å². The van der Waals surface area contributed by atoms with Crippen LogP contribution in [0.3, 0.4) is 0 Å². The van der Waals surface area contributed by atoms with Crippen molar-refractivity contribution in [1.82, 2.24) is 10.6 Å². The number of carbonyl (C=O) groups is 1. The van der Waals surface area contributed by atoms with Gasteiger partial charge in [0.15, 0.2) is 11.5 Å². The molecule has 116 valence electrons. The van der Waals surface area contributed by atoms with Crippen LogP contribution in [-0.4, -0.2) is 39.8 Å². The summed E-state index contributed by atoms with van der Waals surface area (Å²) in [7, 11) is 4.71. The molecule has 0 spiro atoms. The molecule has 1 unspecified atom stereocenters. The van der Waals surface area contributed by atoms with Crippen LogP contribution in [0.15, 0.2) is 12.1 Å². The van der Waals surface area contributed by atoms with E-state index in [4.69, 9.17) is 14.2 Å². The molecule has 1 aliphatic heterocycles. The van der Waals surface area contributed by atoms with Crippen molar-refractivity contribution in [1.29, 1.82) is 0 Å². The lowest BCUT2D eigenvalue weighted by molar-refractivity contribution is -0.122. The number of benzene rings is 1. The lowest BCUT2D eigenvalue weighted by atomic mass is 10.1. The Labute approximate surface area is 124 Å². The molecule has 1 heterocycles. The van der Waals surface area contributed by atoms with Crippen molar-refractivity contribution < 1.29 is 19.0 Å². The van der Waals surface area contributed by atoms with Gasteiger partial charge in [-0.15, -0.1) is 0 Å². The topological polar surface area (TPSA) is 68.8 Å². The molecule has 2 rings (SSSR count). The zero-order valence-corrected chi connectivity index (χ0v) is 12.7. The summed E-state index contributed by atoms with van der Waals surface area (Å²) in [5.74, 6) is 1.73. The number of rotatable bonds is 6. The summed E-state index contributed by atoms with van der Waals surface area (Å²) >= 11 is 0. The smallest absolute Gasteiger partial charge is 0.237 e. The Balaban J connectivity index is 2.10. The molecular weight excluding hydrogens is 272 g/mol. The molecule has 1 amide bonds. The molecule has 1 aliphatic rings. The number of carbonyl (C=O) groups excluding carboxylic acids is 1. The molecule has 1 aromatic rings. The van der Waals surface area contributed by atoms with Crippen LogP contribution < -0.4 is 24.8 Å². The third-order valence-corrected chi connectivity index (χ3v) is 3.62. The Hall–Kier alpha value is -1.95. The highest BCUT2D eigenvalue weighted by atomic mass is 16.5. The standard InChI is InChI=1S/C15H22N2O4/c1-19-12-7-6-10(13(20-2)14(12)21-3)9-17-15(18)11-5-4-8-16-11/h6-7,11,16H,4-5,8-9H2,1-3H3,(H,17,18). The van der Waals surface area contributed by atoms with Gasteiger partial charge in [-0.2, -0.15) is 0 Å². The van der Waals surface area contributed by atoms with Gasteiger partial charge in [0.05, 0.1) is 27.4 Å². The normalized spacial score (nSPS) is 17.4. The molecular formula is C15H22N2O4. The summed E-state index contributed by atoms with van der Waals surface area (Å²) in [6, 6.07) is 3.58. The number of nitrogens with one attached hydrogen (secondary N) is 2. The van der Waals surface area contributed by atoms with Gasteiger partial charge in [-0.1, -0.05) is 0 Å². The third-order valence-electron chi connectivity index (χ3n) is 3.62. The van der Waals surface area contributed by atoms with E-state index in [0.29, 0.717) is 23.8 Å². The fourth-order valence-corrected chi connectivity index (χ4v) is 2.52. The van der Waals surface area contributed by atoms with Gasteiger partial charge in [0.25, 0.3) is 0 Å². The highest BCUT2D eigenvalue weighted by molar-refractivity contribution is 5.82. The summed E-state index contributed by atoms with van der Waals surface area (Å²) < 4.78 is 16.0. The van der Waals surface area contributed by atoms with E-state index < -0.39 is 0 Å². The number of methoxy groups -OCH3 is 3. The number of hydrogen-bond donors (Lipinski definition) is 2. The van der Waals surface area contributed by atoms with Gasteiger partial charge >= 0.3 is 0 Å². The largest absolute Gasteiger partial charge is 0.493 e. The molecule has 6 heteroatoms. The van der Waals surface area contributed by atoms with Crippen LogP contribution in [0.5, 0.6) is 17.2 Å². The van der Waals surface area contributed by atoms with Gasteiger partial charge in [0.2, 0.25) is 11.7 Å². The summed E-state index contributed by atoms with van der Waals surface area (Å²) in [5, 5.41) is 6.10. The Morgan fingerprint density at radius 2 is 2.00 bits per heavy atom. The van der Waals surface area contributed by atoms with E-state index in [1.807, 2.05) is 6.07 Å². The predicted octanol–water partition coefficient (Wildman–Crippen LogP) is 1.08. The van der Waals surface area contributed by atoms with Crippen LogP contribution in [-0.2, 0) is 11.3 Å². The maximum Gasteiger partial charge on any atom is 0.237 e. The minimum Gasteiger partial charge on any atom is -0.493 e. The molecule has 21 heavy (non-hydrogen) atoms. The zero-order chi connectivity index (χ0) is 15.2. The average molecular weight is 294 g/mol. The van der Waals surface area contributed by atoms with Crippen molar-refractivity contribution in [2.45, 2.75) is 25.4 Å². The number of hydrogen-bond acceptors (Lipinski definition) is 5. The second kappa shape index (κ2) is 7.17. The predicted molar refractivity (Wildman–Crippen MR) is 79.0 cm³/mol. The highest BCUT2D eigenvalue weighted by Crippen LogP contribution is 2.39. The second-order valence-electron chi connectivity index (χ2n) is 4.86. The first kappa shape index (κ1) is 15.4. The van der Waals surface area contributed by atoms with Crippen LogP contribution in [0.4, 0.5) is 0 Å². The van der Waals surface area contributed by atoms with Gasteiger partial charge in [-0.3, -0.25) is 4.79 Å². The van der Waals surface area contributed by atoms with Crippen LogP contribution in [0.25, 0.3) is 0 Å². The van der Waals surface area contributed by atoms with E-state index in [1.165, 1.54) is 0 Å². The van der Waals surface area contributed by atoms with Crippen LogP contribution >= 0.6 is 0 Å². The third kappa shape index (κ3) is 3.39. The van der Waals surface area contributed by atoms with E-state index in [-0.39, 0.29) is 11.9 Å². The Morgan fingerprint density at radius 1 is 1.24 bits per heavy atom. The number of ether oxygens (including phenoxy) is 3. The Bertz CT molecular complexity index is 499. The van der Waals surface area contributed by atoms with E-state index in [9.17, 15) is 4.79 Å². The summed E-state index contributed by atoms with van der Waals surface area (Å²) in [6.45, 7) is 1.29. The molecule has 1 aromatic carbocycles. The summed E-state index contributed by atoms with van der Waals surface area (Å²) in [5.41, 5.74) is 0.849. The first-order chi connectivity index (χ1) is 10.2. The lowest BCUT2D eigenvalue weighted by Crippen LogP contribution is -2.40. The molecule has 0 aliphatic carbocycles. The van der Waals surface area contributed by atoms with Gasteiger partial charge in [-0.05, 0) is 31.5 Å². The van der Waals surface area contributed by atoms with Gasteiger partial charge in [0.1, 0.15) is 0 Å². The van der Waals surface area contributed by atoms with Crippen molar-refractivity contribution >= 4 is 5.91 Å². The molecule has 0 bridgehead atoms. The molecule has 0 radical (unpaired) electrons. The molecule has 6 nitrogen and oxygen atoms in total. The first-order valence-electron chi connectivity index (χ1n) is 7.00. The van der Waals surface area contributed by atoms with E-state index in [0.717, 1.165) is 24.9 Å². The molecule has 1 atom stereocenters. The first-order valence-corrected chi connectivity index (χ1v) is 7.00. The van der Waals surface area contributed by atoms with Crippen LogP contribution in [0.1, 0.15) is 18.4 Å². The van der Waals surface area contributed by atoms with Crippen molar-refractivity contribution in [3.8, 4) is 17.2 Å². The van der Waals surface area contributed by atoms with Crippen LogP contribution in [0, 0.1) is 0 Å². The van der Waals surface area contributed by atoms with E-state index >= 15 is 0 Å². The van der Waals surface area contributed by atoms with Crippen molar-refractivity contribution in [2.24, 2.45) is 0 Å². The van der Waals surface area contributed by atoms with Gasteiger partial charge in [0, 0.05) is 12.1 Å². The highest BCUT2D eigenvalue weighted by Gasteiger charge is 2.22. The summed E-state index contributed by atoms with van der Waals surface area (Å²) in [4.78, 5) is 12.0. The molecule has 0 aromatic heterocycles. The maximum atomic E-state index is 12.0. The lowest BCUT2D eigenvalue weighted by Gasteiger charge is -2.17. The fraction of sp³-hybridized carbons (Fsp3) is 0.533. The minimum atomic E-state index is -0.0869. The molecule has 2 N–H and O–H groups in total. The molecule has 0 saturated carbocycles. The maximum absolute atomic E-state index is 12.0. The summed E-state index contributed by atoms with van der Waals surface area (Å²) in [6.07, 6.45) is 1.92. The minimum absolute atomic E-state index is 0.0179. The molecule has 1 saturated heterocycles. The SMILES string of the molecule is COc1ccc(CNC(=O)C2CCCN2)c(OC)c1OC. The number of amides is 1. The van der Waals surface area contributed by atoms with Crippen LogP contribution in [0.2, 0.25) is 0 Å². The second-order valence-corrected chi connectivity index (χ2v) is 4.86. The van der Waals surface area contributed by atoms with Crippen molar-refractivity contribution in [3.05, 3.63) is 17.7 Å². The van der Waals surface area contributed by atoms with Gasteiger partial charge < -0.3 is 24.8 Å². The average Bonchev–Trinajstić information content (AvgIpc) is 3.05. The van der Waals surface area contributed by atoms with Crippen molar-refractivity contribution in [2.75, 3.05) is 27.9 Å². The van der Waals surface area contributed by atoms with Gasteiger partial charge in [-0.25, -0.2) is 0 Å². The van der Waals surface area contributed by atoms with Crippen molar-refractivity contribution in [3.63, 3.8) is 0 Å². The Kier molecular flexibility index (Phi) is 5.27. The quantitative estimate of drug-likeness (QED) is 0.822.